The van der Waals surface area contributed by atoms with Crippen LogP contribution in [-0.2, 0) is 5.41 Å². The molecule has 112 valence electrons. The van der Waals surface area contributed by atoms with Gasteiger partial charge in [0.25, 0.3) is 0 Å². The highest BCUT2D eigenvalue weighted by Crippen LogP contribution is 2.32. The average Bonchev–Trinajstić information content (AvgIpc) is 2.40. The van der Waals surface area contributed by atoms with Crippen molar-refractivity contribution in [1.29, 1.82) is 0 Å². The van der Waals surface area contributed by atoms with Gasteiger partial charge in [-0.05, 0) is 48.2 Å². The predicted molar refractivity (Wildman–Crippen MR) is 84.2 cm³/mol. The number of ether oxygens (including phenoxy) is 1. The lowest BCUT2D eigenvalue weighted by Crippen LogP contribution is -2.11. The molecular weight excluding hydrogens is 265 g/mol. The van der Waals surface area contributed by atoms with Gasteiger partial charge in [0, 0.05) is 11.6 Å². The third-order valence-corrected chi connectivity index (χ3v) is 3.39. The van der Waals surface area contributed by atoms with Gasteiger partial charge in [0.2, 0.25) is 0 Å². The lowest BCUT2D eigenvalue weighted by Gasteiger charge is -2.20. The molecule has 0 saturated heterocycles. The molecule has 0 saturated carbocycles. The molecule has 0 spiro atoms. The number of rotatable bonds is 3. The highest BCUT2D eigenvalue weighted by molar-refractivity contribution is 5.41. The summed E-state index contributed by atoms with van der Waals surface area (Å²) in [4.78, 5) is 0. The SMILES string of the molecule is CC(N)c1cc(F)ccc1Oc1cccc(C(C)(C)C)c1. The van der Waals surface area contributed by atoms with Crippen molar-refractivity contribution in [2.75, 3.05) is 0 Å². The van der Waals surface area contributed by atoms with Crippen LogP contribution in [0.2, 0.25) is 0 Å². The zero-order chi connectivity index (χ0) is 15.6. The highest BCUT2D eigenvalue weighted by atomic mass is 19.1. The number of halogens is 1. The van der Waals surface area contributed by atoms with E-state index in [0.29, 0.717) is 11.3 Å². The Balaban J connectivity index is 2.35. The number of hydrogen-bond acceptors (Lipinski definition) is 2. The van der Waals surface area contributed by atoms with Crippen LogP contribution in [0.15, 0.2) is 42.5 Å². The molecule has 2 rings (SSSR count). The van der Waals surface area contributed by atoms with Gasteiger partial charge in [0.15, 0.2) is 0 Å². The van der Waals surface area contributed by atoms with E-state index in [2.05, 4.69) is 26.8 Å². The zero-order valence-corrected chi connectivity index (χ0v) is 13.0. The van der Waals surface area contributed by atoms with Gasteiger partial charge in [-0.1, -0.05) is 32.9 Å². The van der Waals surface area contributed by atoms with Crippen molar-refractivity contribution in [3.63, 3.8) is 0 Å². The summed E-state index contributed by atoms with van der Waals surface area (Å²) in [7, 11) is 0. The first kappa shape index (κ1) is 15.5. The Morgan fingerprint density at radius 2 is 1.81 bits per heavy atom. The van der Waals surface area contributed by atoms with Crippen LogP contribution < -0.4 is 10.5 Å². The van der Waals surface area contributed by atoms with E-state index in [4.69, 9.17) is 10.5 Å². The van der Waals surface area contributed by atoms with Crippen molar-refractivity contribution in [2.24, 2.45) is 5.73 Å². The predicted octanol–water partition coefficient (Wildman–Crippen LogP) is 4.94. The van der Waals surface area contributed by atoms with Gasteiger partial charge in [-0.15, -0.1) is 0 Å². The third-order valence-electron chi connectivity index (χ3n) is 3.39. The van der Waals surface area contributed by atoms with Crippen molar-refractivity contribution in [3.05, 3.63) is 59.4 Å². The molecule has 0 bridgehead atoms. The second-order valence-corrected chi connectivity index (χ2v) is 6.35. The maximum atomic E-state index is 13.4. The zero-order valence-electron chi connectivity index (χ0n) is 13.0. The monoisotopic (exact) mass is 287 g/mol. The van der Waals surface area contributed by atoms with Crippen LogP contribution in [0.1, 0.15) is 44.9 Å². The molecule has 1 atom stereocenters. The summed E-state index contributed by atoms with van der Waals surface area (Å²) in [5, 5.41) is 0. The number of hydrogen-bond donors (Lipinski definition) is 1. The molecule has 0 aromatic heterocycles. The van der Waals surface area contributed by atoms with Crippen LogP contribution in [-0.4, -0.2) is 0 Å². The smallest absolute Gasteiger partial charge is 0.132 e. The fraction of sp³-hybridized carbons (Fsp3) is 0.333. The molecule has 0 aliphatic heterocycles. The second-order valence-electron chi connectivity index (χ2n) is 6.35. The molecule has 2 aromatic carbocycles. The van der Waals surface area contributed by atoms with Gasteiger partial charge in [-0.2, -0.15) is 0 Å². The largest absolute Gasteiger partial charge is 0.457 e. The van der Waals surface area contributed by atoms with E-state index in [9.17, 15) is 4.39 Å². The first-order chi connectivity index (χ1) is 9.77. The topological polar surface area (TPSA) is 35.2 Å². The molecule has 2 N–H and O–H groups in total. The van der Waals surface area contributed by atoms with Gasteiger partial charge in [0.1, 0.15) is 17.3 Å². The minimum Gasteiger partial charge on any atom is -0.457 e. The van der Waals surface area contributed by atoms with E-state index in [1.54, 1.807) is 6.07 Å². The molecule has 0 heterocycles. The maximum absolute atomic E-state index is 13.4. The van der Waals surface area contributed by atoms with Crippen molar-refractivity contribution < 1.29 is 9.13 Å². The Bertz CT molecular complexity index is 629. The second kappa shape index (κ2) is 5.86. The Morgan fingerprint density at radius 3 is 2.43 bits per heavy atom. The van der Waals surface area contributed by atoms with E-state index < -0.39 is 0 Å². The summed E-state index contributed by atoms with van der Waals surface area (Å²) in [6.07, 6.45) is 0. The Morgan fingerprint density at radius 1 is 1.10 bits per heavy atom. The number of nitrogens with two attached hydrogens (primary N) is 1. The van der Waals surface area contributed by atoms with E-state index in [1.165, 1.54) is 17.7 Å². The minimum absolute atomic E-state index is 0.0478. The van der Waals surface area contributed by atoms with Crippen LogP contribution in [0, 0.1) is 5.82 Å². The van der Waals surface area contributed by atoms with E-state index in [1.807, 2.05) is 25.1 Å². The molecule has 2 aromatic rings. The molecule has 0 amide bonds. The van der Waals surface area contributed by atoms with Crippen LogP contribution in [0.4, 0.5) is 4.39 Å². The standard InChI is InChI=1S/C18H22FNO/c1-12(20)16-11-14(19)8-9-17(16)21-15-7-5-6-13(10-15)18(2,3)4/h5-12H,20H2,1-4H3. The molecule has 0 fully saturated rings. The quantitative estimate of drug-likeness (QED) is 0.868. The molecule has 0 radical (unpaired) electrons. The van der Waals surface area contributed by atoms with Gasteiger partial charge in [-0.3, -0.25) is 0 Å². The average molecular weight is 287 g/mol. The first-order valence-electron chi connectivity index (χ1n) is 7.11. The maximum Gasteiger partial charge on any atom is 0.132 e. The van der Waals surface area contributed by atoms with E-state index in [-0.39, 0.29) is 17.3 Å². The molecule has 0 aliphatic rings. The fourth-order valence-corrected chi connectivity index (χ4v) is 2.12. The van der Waals surface area contributed by atoms with Crippen LogP contribution in [0.25, 0.3) is 0 Å². The Labute approximate surface area is 125 Å². The third kappa shape index (κ3) is 3.82. The molecule has 0 aliphatic carbocycles. The van der Waals surface area contributed by atoms with Crippen molar-refractivity contribution in [2.45, 2.75) is 39.2 Å². The first-order valence-corrected chi connectivity index (χ1v) is 7.11. The summed E-state index contributed by atoms with van der Waals surface area (Å²) in [5.74, 6) is 1.02. The van der Waals surface area contributed by atoms with Gasteiger partial charge in [0.05, 0.1) is 0 Å². The lowest BCUT2D eigenvalue weighted by molar-refractivity contribution is 0.466. The van der Waals surface area contributed by atoms with Crippen molar-refractivity contribution in [3.8, 4) is 11.5 Å². The van der Waals surface area contributed by atoms with E-state index in [0.717, 1.165) is 5.75 Å². The summed E-state index contributed by atoms with van der Waals surface area (Å²) < 4.78 is 19.3. The minimum atomic E-state index is -0.307. The lowest BCUT2D eigenvalue weighted by atomic mass is 9.87. The molecule has 21 heavy (non-hydrogen) atoms. The fourth-order valence-electron chi connectivity index (χ4n) is 2.12. The van der Waals surface area contributed by atoms with Crippen LogP contribution in [0.3, 0.4) is 0 Å². The van der Waals surface area contributed by atoms with Crippen LogP contribution in [0.5, 0.6) is 11.5 Å². The summed E-state index contributed by atoms with van der Waals surface area (Å²) >= 11 is 0. The van der Waals surface area contributed by atoms with Crippen molar-refractivity contribution in [1.82, 2.24) is 0 Å². The molecule has 1 unspecified atom stereocenters. The van der Waals surface area contributed by atoms with Gasteiger partial charge >= 0.3 is 0 Å². The molecule has 3 heteroatoms. The van der Waals surface area contributed by atoms with Crippen LogP contribution >= 0.6 is 0 Å². The number of benzene rings is 2. The van der Waals surface area contributed by atoms with Crippen molar-refractivity contribution >= 4 is 0 Å². The normalized spacial score (nSPS) is 13.0. The van der Waals surface area contributed by atoms with E-state index >= 15 is 0 Å². The Kier molecular flexibility index (Phi) is 4.33. The summed E-state index contributed by atoms with van der Waals surface area (Å²) in [5.41, 5.74) is 7.79. The molecule has 2 nitrogen and oxygen atoms in total. The molecular formula is C18H22FNO. The Hall–Kier alpha value is -1.87. The summed E-state index contributed by atoms with van der Waals surface area (Å²) in [6.45, 7) is 8.26. The van der Waals surface area contributed by atoms with Gasteiger partial charge in [-0.25, -0.2) is 4.39 Å². The summed E-state index contributed by atoms with van der Waals surface area (Å²) in [6, 6.07) is 12.1. The van der Waals surface area contributed by atoms with Gasteiger partial charge < -0.3 is 10.5 Å². The highest BCUT2D eigenvalue weighted by Gasteiger charge is 2.15.